The SMILES string of the molecule is C[C@H](Nc1ccc(Br)c[nH+]1)c1cc(Cl)ccc1O. The molecule has 1 aromatic carbocycles. The average Bonchev–Trinajstić information content (AvgIpc) is 2.35. The Morgan fingerprint density at radius 1 is 1.33 bits per heavy atom. The summed E-state index contributed by atoms with van der Waals surface area (Å²) in [6.45, 7) is 1.96. The Morgan fingerprint density at radius 3 is 2.78 bits per heavy atom. The first-order valence-electron chi connectivity index (χ1n) is 5.48. The number of hydrogen-bond donors (Lipinski definition) is 2. The fourth-order valence-electron chi connectivity index (χ4n) is 1.68. The molecule has 1 aromatic heterocycles. The van der Waals surface area contributed by atoms with Crippen molar-refractivity contribution >= 4 is 33.3 Å². The topological polar surface area (TPSA) is 46.4 Å². The molecule has 0 fully saturated rings. The van der Waals surface area contributed by atoms with E-state index in [1.165, 1.54) is 0 Å². The Labute approximate surface area is 119 Å². The summed E-state index contributed by atoms with van der Waals surface area (Å²) in [5.74, 6) is 1.10. The number of pyridine rings is 1. The number of nitrogens with one attached hydrogen (secondary N) is 2. The zero-order chi connectivity index (χ0) is 13.1. The fourth-order valence-corrected chi connectivity index (χ4v) is 2.11. The van der Waals surface area contributed by atoms with E-state index in [2.05, 4.69) is 26.2 Å². The molecule has 0 saturated carbocycles. The molecule has 0 aliphatic heterocycles. The Morgan fingerprint density at radius 2 is 2.11 bits per heavy atom. The lowest BCUT2D eigenvalue weighted by Crippen LogP contribution is -2.15. The summed E-state index contributed by atoms with van der Waals surface area (Å²) in [5.41, 5.74) is 0.763. The highest BCUT2D eigenvalue weighted by molar-refractivity contribution is 9.10. The first-order chi connectivity index (χ1) is 8.56. The van der Waals surface area contributed by atoms with Gasteiger partial charge in [0.15, 0.2) is 0 Å². The Balaban J connectivity index is 2.18. The van der Waals surface area contributed by atoms with Crippen molar-refractivity contribution < 1.29 is 10.1 Å². The van der Waals surface area contributed by atoms with Gasteiger partial charge in [-0.1, -0.05) is 11.6 Å². The van der Waals surface area contributed by atoms with Crippen LogP contribution in [0.3, 0.4) is 0 Å². The Bertz CT molecular complexity index is 545. The predicted octanol–water partition coefficient (Wildman–Crippen LogP) is 3.80. The van der Waals surface area contributed by atoms with Crippen molar-refractivity contribution in [3.8, 4) is 5.75 Å². The summed E-state index contributed by atoms with van der Waals surface area (Å²) >= 11 is 9.29. The number of aromatic amines is 1. The lowest BCUT2D eigenvalue weighted by molar-refractivity contribution is -0.362. The van der Waals surface area contributed by atoms with Crippen molar-refractivity contribution in [2.24, 2.45) is 0 Å². The van der Waals surface area contributed by atoms with Crippen LogP contribution in [0.5, 0.6) is 5.75 Å². The molecule has 94 valence electrons. The molecule has 5 heteroatoms. The van der Waals surface area contributed by atoms with E-state index in [1.54, 1.807) is 18.2 Å². The van der Waals surface area contributed by atoms with E-state index < -0.39 is 0 Å². The minimum Gasteiger partial charge on any atom is -0.508 e. The predicted molar refractivity (Wildman–Crippen MR) is 75.9 cm³/mol. The van der Waals surface area contributed by atoms with Crippen molar-refractivity contribution in [1.82, 2.24) is 0 Å². The molecular weight excluding hydrogens is 316 g/mol. The monoisotopic (exact) mass is 327 g/mol. The molecular formula is C13H13BrClN2O+. The highest BCUT2D eigenvalue weighted by atomic mass is 79.9. The smallest absolute Gasteiger partial charge is 0.272 e. The zero-order valence-corrected chi connectivity index (χ0v) is 12.1. The number of aromatic hydroxyl groups is 1. The molecule has 3 N–H and O–H groups in total. The Kier molecular flexibility index (Phi) is 4.09. The number of hydrogen-bond acceptors (Lipinski definition) is 2. The maximum Gasteiger partial charge on any atom is 0.272 e. The van der Waals surface area contributed by atoms with Gasteiger partial charge < -0.3 is 5.11 Å². The molecule has 0 aliphatic rings. The van der Waals surface area contributed by atoms with E-state index in [0.29, 0.717) is 5.02 Å². The molecule has 18 heavy (non-hydrogen) atoms. The first-order valence-corrected chi connectivity index (χ1v) is 6.65. The molecule has 0 spiro atoms. The highest BCUT2D eigenvalue weighted by Crippen LogP contribution is 2.28. The summed E-state index contributed by atoms with van der Waals surface area (Å²) in [4.78, 5) is 3.10. The third-order valence-corrected chi connectivity index (χ3v) is 3.33. The van der Waals surface area contributed by atoms with Gasteiger partial charge in [-0.2, -0.15) is 0 Å². The van der Waals surface area contributed by atoms with Gasteiger partial charge in [-0.15, -0.1) is 0 Å². The number of phenolic OH excluding ortho intramolecular Hbond substituents is 1. The van der Waals surface area contributed by atoms with Crippen molar-refractivity contribution in [2.75, 3.05) is 5.32 Å². The van der Waals surface area contributed by atoms with E-state index in [1.807, 2.05) is 25.3 Å². The number of rotatable bonds is 3. The maximum atomic E-state index is 9.81. The summed E-state index contributed by atoms with van der Waals surface area (Å²) in [7, 11) is 0. The van der Waals surface area contributed by atoms with Crippen LogP contribution in [0.1, 0.15) is 18.5 Å². The van der Waals surface area contributed by atoms with Gasteiger partial charge in [0.2, 0.25) is 0 Å². The summed E-state index contributed by atoms with van der Waals surface area (Å²) in [6.07, 6.45) is 1.84. The van der Waals surface area contributed by atoms with Gasteiger partial charge in [-0.25, -0.2) is 4.98 Å². The van der Waals surface area contributed by atoms with E-state index in [-0.39, 0.29) is 11.8 Å². The molecule has 0 aliphatic carbocycles. The number of H-pyrrole nitrogens is 1. The molecule has 3 nitrogen and oxygen atoms in total. The van der Waals surface area contributed by atoms with E-state index in [9.17, 15) is 5.11 Å². The second-order valence-corrected chi connectivity index (χ2v) is 5.34. The molecule has 0 amide bonds. The van der Waals surface area contributed by atoms with Crippen molar-refractivity contribution in [2.45, 2.75) is 13.0 Å². The summed E-state index contributed by atoms with van der Waals surface area (Å²) < 4.78 is 0.978. The Hall–Kier alpha value is -1.26. The molecule has 1 atom stereocenters. The standard InChI is InChI=1S/C13H12BrClN2O/c1-8(11-6-10(15)3-4-12(11)18)17-13-5-2-9(14)7-16-13/h2-8,18H,1H3,(H,16,17)/p+1/t8-/m0/s1. The average molecular weight is 329 g/mol. The van der Waals surface area contributed by atoms with Crippen LogP contribution in [0.4, 0.5) is 5.82 Å². The maximum absolute atomic E-state index is 9.81. The second kappa shape index (κ2) is 5.59. The fraction of sp³-hybridized carbons (Fsp3) is 0.154. The largest absolute Gasteiger partial charge is 0.508 e. The van der Waals surface area contributed by atoms with Crippen LogP contribution >= 0.6 is 27.5 Å². The summed E-state index contributed by atoms with van der Waals surface area (Å²) in [6, 6.07) is 8.82. The van der Waals surface area contributed by atoms with Gasteiger partial charge in [0.25, 0.3) is 5.82 Å². The zero-order valence-electron chi connectivity index (χ0n) is 9.74. The first kappa shape index (κ1) is 13.2. The third kappa shape index (κ3) is 3.15. The third-order valence-electron chi connectivity index (χ3n) is 2.60. The van der Waals surface area contributed by atoms with Crippen LogP contribution in [-0.4, -0.2) is 5.11 Å². The van der Waals surface area contributed by atoms with Crippen molar-refractivity contribution in [3.05, 3.63) is 51.6 Å². The van der Waals surface area contributed by atoms with Gasteiger partial charge in [0, 0.05) is 16.7 Å². The van der Waals surface area contributed by atoms with E-state index in [0.717, 1.165) is 15.9 Å². The molecule has 2 rings (SSSR count). The van der Waals surface area contributed by atoms with E-state index >= 15 is 0 Å². The van der Waals surface area contributed by atoms with Gasteiger partial charge in [-0.05, 0) is 47.1 Å². The minimum absolute atomic E-state index is 0.0545. The van der Waals surface area contributed by atoms with Crippen molar-refractivity contribution in [1.29, 1.82) is 0 Å². The number of phenols is 1. The number of benzene rings is 1. The van der Waals surface area contributed by atoms with Gasteiger partial charge >= 0.3 is 0 Å². The molecule has 0 saturated heterocycles. The minimum atomic E-state index is -0.0545. The molecule has 1 heterocycles. The molecule has 0 radical (unpaired) electrons. The van der Waals surface area contributed by atoms with Gasteiger partial charge in [0.05, 0.1) is 4.47 Å². The highest BCUT2D eigenvalue weighted by Gasteiger charge is 2.15. The van der Waals surface area contributed by atoms with Crippen LogP contribution in [0.25, 0.3) is 0 Å². The lowest BCUT2D eigenvalue weighted by atomic mass is 10.1. The van der Waals surface area contributed by atoms with E-state index in [4.69, 9.17) is 11.6 Å². The van der Waals surface area contributed by atoms with Crippen LogP contribution in [-0.2, 0) is 0 Å². The molecule has 0 bridgehead atoms. The lowest BCUT2D eigenvalue weighted by Gasteiger charge is -2.11. The molecule has 0 unspecified atom stereocenters. The second-order valence-electron chi connectivity index (χ2n) is 3.99. The number of halogens is 2. The van der Waals surface area contributed by atoms with Crippen molar-refractivity contribution in [3.63, 3.8) is 0 Å². The van der Waals surface area contributed by atoms with Crippen LogP contribution < -0.4 is 10.3 Å². The number of aromatic nitrogens is 1. The summed E-state index contributed by atoms with van der Waals surface area (Å²) in [5, 5.41) is 13.7. The van der Waals surface area contributed by atoms with Gasteiger partial charge in [0.1, 0.15) is 18.0 Å². The van der Waals surface area contributed by atoms with Crippen LogP contribution in [0.2, 0.25) is 5.02 Å². The molecule has 2 aromatic rings. The normalized spacial score (nSPS) is 12.2. The number of anilines is 1. The van der Waals surface area contributed by atoms with Crippen LogP contribution in [0.15, 0.2) is 41.0 Å². The van der Waals surface area contributed by atoms with Gasteiger partial charge in [-0.3, -0.25) is 5.32 Å². The van der Waals surface area contributed by atoms with Crippen LogP contribution in [0, 0.1) is 0 Å². The quantitative estimate of drug-likeness (QED) is 0.900.